The zero-order chi connectivity index (χ0) is 18.5. The lowest BCUT2D eigenvalue weighted by Gasteiger charge is -2.27. The second-order valence-electron chi connectivity index (χ2n) is 5.98. The van der Waals surface area contributed by atoms with Gasteiger partial charge in [-0.25, -0.2) is 14.8 Å². The number of aryl methyl sites for hydroxylation is 2. The van der Waals surface area contributed by atoms with Crippen LogP contribution < -0.4 is 20.3 Å². The van der Waals surface area contributed by atoms with E-state index in [1.807, 2.05) is 26.0 Å². The van der Waals surface area contributed by atoms with Crippen molar-refractivity contribution in [1.29, 1.82) is 0 Å². The van der Waals surface area contributed by atoms with Gasteiger partial charge in [-0.2, -0.15) is 0 Å². The Hall–Kier alpha value is -2.87. The number of hydrogen-bond donors (Lipinski definition) is 2. The fraction of sp³-hybridized carbons (Fsp3) is 0.389. The van der Waals surface area contributed by atoms with Crippen molar-refractivity contribution in [3.05, 3.63) is 35.7 Å². The molecule has 3 rings (SSSR count). The molecular formula is C18H23N5O3. The summed E-state index contributed by atoms with van der Waals surface area (Å²) in [7, 11) is 1.58. The van der Waals surface area contributed by atoms with Crippen LogP contribution in [0.3, 0.4) is 0 Å². The van der Waals surface area contributed by atoms with Crippen molar-refractivity contribution in [2.75, 3.05) is 48.9 Å². The molecule has 1 aliphatic rings. The third-order valence-corrected chi connectivity index (χ3v) is 4.12. The van der Waals surface area contributed by atoms with Gasteiger partial charge in [0, 0.05) is 24.8 Å². The Morgan fingerprint density at radius 1 is 1.15 bits per heavy atom. The van der Waals surface area contributed by atoms with Crippen LogP contribution >= 0.6 is 0 Å². The van der Waals surface area contributed by atoms with Gasteiger partial charge in [0.15, 0.2) is 0 Å². The number of urea groups is 1. The number of hydrogen-bond acceptors (Lipinski definition) is 6. The Kier molecular flexibility index (Phi) is 5.52. The zero-order valence-electron chi connectivity index (χ0n) is 15.2. The molecule has 138 valence electrons. The van der Waals surface area contributed by atoms with E-state index in [4.69, 9.17) is 9.47 Å². The second kappa shape index (κ2) is 8.01. The Bertz CT molecular complexity index is 767. The molecule has 2 N–H and O–H groups in total. The molecule has 0 saturated carbocycles. The maximum Gasteiger partial charge on any atom is 0.323 e. The number of aromatic nitrogens is 2. The molecule has 1 saturated heterocycles. The zero-order valence-corrected chi connectivity index (χ0v) is 15.2. The number of methoxy groups -OCH3 is 1. The highest BCUT2D eigenvalue weighted by atomic mass is 16.5. The number of carbonyl (C=O) groups excluding carboxylic acids is 1. The van der Waals surface area contributed by atoms with Gasteiger partial charge in [-0.1, -0.05) is 6.07 Å². The van der Waals surface area contributed by atoms with Crippen LogP contribution in [-0.4, -0.2) is 49.4 Å². The minimum Gasteiger partial charge on any atom is -0.497 e. The Balaban J connectivity index is 1.71. The molecule has 2 heterocycles. The maximum absolute atomic E-state index is 12.3. The quantitative estimate of drug-likeness (QED) is 0.874. The highest BCUT2D eigenvalue weighted by Crippen LogP contribution is 2.22. The molecule has 2 amide bonds. The number of nitrogens with one attached hydrogen (secondary N) is 2. The van der Waals surface area contributed by atoms with E-state index in [0.717, 1.165) is 24.5 Å². The fourth-order valence-electron chi connectivity index (χ4n) is 2.76. The van der Waals surface area contributed by atoms with Crippen LogP contribution in [-0.2, 0) is 4.74 Å². The minimum atomic E-state index is -0.354. The third kappa shape index (κ3) is 4.20. The molecule has 8 heteroatoms. The van der Waals surface area contributed by atoms with Crippen molar-refractivity contribution >= 4 is 23.4 Å². The maximum atomic E-state index is 12.3. The summed E-state index contributed by atoms with van der Waals surface area (Å²) >= 11 is 0. The molecule has 1 aliphatic heterocycles. The van der Waals surface area contributed by atoms with E-state index in [0.29, 0.717) is 36.3 Å². The van der Waals surface area contributed by atoms with E-state index >= 15 is 0 Å². The molecule has 0 radical (unpaired) electrons. The van der Waals surface area contributed by atoms with E-state index in [9.17, 15) is 4.79 Å². The predicted molar refractivity (Wildman–Crippen MR) is 100 cm³/mol. The van der Waals surface area contributed by atoms with E-state index in [1.165, 1.54) is 0 Å². The number of carbonyl (C=O) groups is 1. The van der Waals surface area contributed by atoms with Crippen LogP contribution in [0.25, 0.3) is 0 Å². The first kappa shape index (κ1) is 17.9. The van der Waals surface area contributed by atoms with Crippen LogP contribution in [0.15, 0.2) is 24.3 Å². The fourth-order valence-corrected chi connectivity index (χ4v) is 2.76. The number of ether oxygens (including phenoxy) is 2. The molecule has 8 nitrogen and oxygen atoms in total. The van der Waals surface area contributed by atoms with Crippen molar-refractivity contribution in [2.24, 2.45) is 0 Å². The molecule has 0 unspecified atom stereocenters. The van der Waals surface area contributed by atoms with Gasteiger partial charge in [0.2, 0.25) is 5.95 Å². The van der Waals surface area contributed by atoms with E-state index in [1.54, 1.807) is 19.2 Å². The summed E-state index contributed by atoms with van der Waals surface area (Å²) in [5.74, 6) is 1.34. The van der Waals surface area contributed by atoms with Crippen molar-refractivity contribution in [3.8, 4) is 5.75 Å². The van der Waals surface area contributed by atoms with Gasteiger partial charge in [0.05, 0.1) is 37.4 Å². The predicted octanol–water partition coefficient (Wildman–Crippen LogP) is 2.58. The third-order valence-electron chi connectivity index (χ3n) is 4.12. The minimum absolute atomic E-state index is 0.354. The van der Waals surface area contributed by atoms with Crippen molar-refractivity contribution < 1.29 is 14.3 Å². The van der Waals surface area contributed by atoms with Crippen molar-refractivity contribution in [3.63, 3.8) is 0 Å². The van der Waals surface area contributed by atoms with E-state index in [-0.39, 0.29) is 6.03 Å². The van der Waals surface area contributed by atoms with E-state index in [2.05, 4.69) is 25.5 Å². The van der Waals surface area contributed by atoms with Crippen LogP contribution in [0.5, 0.6) is 5.75 Å². The topological polar surface area (TPSA) is 88.6 Å². The monoisotopic (exact) mass is 357 g/mol. The number of morpholine rings is 1. The van der Waals surface area contributed by atoms with Crippen LogP contribution in [0.1, 0.15) is 11.4 Å². The SMILES string of the molecule is COc1cccc(NC(=O)Nc2c(C)nc(N3CCOCC3)nc2C)c1. The molecule has 2 aromatic rings. The van der Waals surface area contributed by atoms with Gasteiger partial charge in [-0.15, -0.1) is 0 Å². The number of amides is 2. The van der Waals surface area contributed by atoms with Crippen LogP contribution in [0.2, 0.25) is 0 Å². The molecule has 0 aliphatic carbocycles. The van der Waals surface area contributed by atoms with Gasteiger partial charge in [0.25, 0.3) is 0 Å². The van der Waals surface area contributed by atoms with Crippen LogP contribution in [0, 0.1) is 13.8 Å². The molecule has 0 atom stereocenters. The first-order chi connectivity index (χ1) is 12.6. The van der Waals surface area contributed by atoms with Gasteiger partial charge in [-0.3, -0.25) is 0 Å². The Morgan fingerprint density at radius 2 is 1.85 bits per heavy atom. The lowest BCUT2D eigenvalue weighted by Crippen LogP contribution is -2.37. The Morgan fingerprint density at radius 3 is 2.50 bits per heavy atom. The molecule has 26 heavy (non-hydrogen) atoms. The number of nitrogens with zero attached hydrogens (tertiary/aromatic N) is 3. The van der Waals surface area contributed by atoms with E-state index < -0.39 is 0 Å². The first-order valence-corrected chi connectivity index (χ1v) is 8.47. The van der Waals surface area contributed by atoms with Crippen molar-refractivity contribution in [2.45, 2.75) is 13.8 Å². The molecule has 0 spiro atoms. The number of rotatable bonds is 4. The molecule has 1 fully saturated rings. The average Bonchev–Trinajstić information content (AvgIpc) is 2.65. The normalized spacial score (nSPS) is 14.0. The molecular weight excluding hydrogens is 334 g/mol. The largest absolute Gasteiger partial charge is 0.497 e. The number of benzene rings is 1. The highest BCUT2D eigenvalue weighted by molar-refractivity contribution is 6.00. The summed E-state index contributed by atoms with van der Waals surface area (Å²) in [5, 5.41) is 5.62. The van der Waals surface area contributed by atoms with Crippen LogP contribution in [0.4, 0.5) is 22.1 Å². The summed E-state index contributed by atoms with van der Waals surface area (Å²) in [6.07, 6.45) is 0. The second-order valence-corrected chi connectivity index (χ2v) is 5.98. The molecule has 0 bridgehead atoms. The summed E-state index contributed by atoms with van der Waals surface area (Å²) in [6, 6.07) is 6.81. The summed E-state index contributed by atoms with van der Waals surface area (Å²) in [6.45, 7) is 6.60. The van der Waals surface area contributed by atoms with Crippen molar-refractivity contribution in [1.82, 2.24) is 9.97 Å². The van der Waals surface area contributed by atoms with Gasteiger partial charge in [-0.05, 0) is 26.0 Å². The van der Waals surface area contributed by atoms with Gasteiger partial charge >= 0.3 is 6.03 Å². The van der Waals surface area contributed by atoms with Gasteiger partial charge in [0.1, 0.15) is 5.75 Å². The van der Waals surface area contributed by atoms with Gasteiger partial charge < -0.3 is 25.0 Å². The summed E-state index contributed by atoms with van der Waals surface area (Å²) in [4.78, 5) is 23.5. The molecule has 1 aromatic heterocycles. The highest BCUT2D eigenvalue weighted by Gasteiger charge is 2.17. The Labute approximate surface area is 152 Å². The summed E-state index contributed by atoms with van der Waals surface area (Å²) < 4.78 is 10.5. The number of anilines is 3. The summed E-state index contributed by atoms with van der Waals surface area (Å²) in [5.41, 5.74) is 2.70. The lowest BCUT2D eigenvalue weighted by atomic mass is 10.2. The standard InChI is InChI=1S/C18H23N5O3/c1-12-16(13(2)20-17(19-12)23-7-9-26-10-8-23)22-18(24)21-14-5-4-6-15(11-14)25-3/h4-6,11H,7-10H2,1-3H3,(H2,21,22,24). The molecule has 1 aromatic carbocycles. The smallest absolute Gasteiger partial charge is 0.323 e. The lowest BCUT2D eigenvalue weighted by molar-refractivity contribution is 0.122. The average molecular weight is 357 g/mol. The first-order valence-electron chi connectivity index (χ1n) is 8.47.